The van der Waals surface area contributed by atoms with Crippen molar-refractivity contribution in [2.45, 2.75) is 71.0 Å². The number of para-hydroxylation sites is 1. The van der Waals surface area contributed by atoms with Crippen LogP contribution in [0.2, 0.25) is 0 Å². The molecule has 8 nitrogen and oxygen atoms in total. The lowest BCUT2D eigenvalue weighted by molar-refractivity contribution is -0.164. The van der Waals surface area contributed by atoms with E-state index < -0.39 is 17.7 Å². The summed E-state index contributed by atoms with van der Waals surface area (Å²) in [7, 11) is 1.39. The van der Waals surface area contributed by atoms with Crippen LogP contribution in [0.5, 0.6) is 11.5 Å². The number of rotatable bonds is 3. The summed E-state index contributed by atoms with van der Waals surface area (Å²) >= 11 is 0. The molecule has 47 heavy (non-hydrogen) atoms. The number of fused-ring (bicyclic) bond motifs is 8. The lowest BCUT2D eigenvalue weighted by Gasteiger charge is -2.29. The Bertz CT molecular complexity index is 1960. The van der Waals surface area contributed by atoms with Crippen molar-refractivity contribution in [3.05, 3.63) is 89.6 Å². The van der Waals surface area contributed by atoms with Crippen LogP contribution in [0.3, 0.4) is 0 Å². The van der Waals surface area contributed by atoms with Crippen LogP contribution in [0.25, 0.3) is 39.3 Å². The molecule has 2 aromatic heterocycles. The largest absolute Gasteiger partial charge is 0.493 e. The number of nitrogens with zero attached hydrogens (tertiary/aromatic N) is 3. The van der Waals surface area contributed by atoms with Crippen molar-refractivity contribution in [3.63, 3.8) is 0 Å². The Morgan fingerprint density at radius 1 is 0.894 bits per heavy atom. The number of carbonyl (C=O) groups is 1. The number of methoxy groups -OCH3 is 1. The van der Waals surface area contributed by atoms with E-state index in [1.807, 2.05) is 68.6 Å². The summed E-state index contributed by atoms with van der Waals surface area (Å²) in [5, 5.41) is 5.17. The maximum absolute atomic E-state index is 13.5. The Morgan fingerprint density at radius 2 is 1.70 bits per heavy atom. The minimum atomic E-state index is -1.01. The molecule has 0 saturated carbocycles. The van der Waals surface area contributed by atoms with Crippen molar-refractivity contribution >= 4 is 11.6 Å². The highest BCUT2D eigenvalue weighted by atomic mass is 16.6. The normalized spacial score (nSPS) is 16.7. The Balaban J connectivity index is 1.50. The Kier molecular flexibility index (Phi) is 8.22. The number of ether oxygens (including phenoxy) is 4. The smallest absolute Gasteiger partial charge is 0.339 e. The molecule has 7 rings (SSSR count). The highest BCUT2D eigenvalue weighted by Crippen LogP contribution is 2.43. The fourth-order valence-electron chi connectivity index (χ4n) is 6.82. The first-order valence-electron chi connectivity index (χ1n) is 16.5. The monoisotopic (exact) mass is 631 g/mol. The fourth-order valence-corrected chi connectivity index (χ4v) is 6.82. The highest BCUT2D eigenvalue weighted by molar-refractivity contribution is 5.83. The van der Waals surface area contributed by atoms with E-state index in [-0.39, 0.29) is 0 Å². The molecular formula is C39H41N3O5. The van der Waals surface area contributed by atoms with Gasteiger partial charge in [0.25, 0.3) is 0 Å². The van der Waals surface area contributed by atoms with Gasteiger partial charge in [-0.3, -0.25) is 0 Å². The molecule has 0 fully saturated rings. The number of hydrogen-bond donors (Lipinski definition) is 0. The van der Waals surface area contributed by atoms with E-state index in [1.54, 1.807) is 0 Å². The van der Waals surface area contributed by atoms with Gasteiger partial charge in [-0.15, -0.1) is 0 Å². The summed E-state index contributed by atoms with van der Waals surface area (Å²) in [6, 6.07) is 24.9. The average Bonchev–Trinajstić information content (AvgIpc) is 3.49. The summed E-state index contributed by atoms with van der Waals surface area (Å²) in [5.41, 5.74) is 7.99. The number of esters is 1. The predicted molar refractivity (Wildman–Crippen MR) is 182 cm³/mol. The maximum atomic E-state index is 13.5. The molecule has 0 N–H and O–H groups in total. The van der Waals surface area contributed by atoms with Crippen molar-refractivity contribution in [3.8, 4) is 45.1 Å². The minimum absolute atomic E-state index is 0.335. The van der Waals surface area contributed by atoms with Gasteiger partial charge in [-0.1, -0.05) is 36.4 Å². The first kappa shape index (κ1) is 30.9. The summed E-state index contributed by atoms with van der Waals surface area (Å²) in [6.07, 6.45) is 2.93. The zero-order valence-electron chi connectivity index (χ0n) is 27.7. The molecule has 2 aliphatic heterocycles. The minimum Gasteiger partial charge on any atom is -0.493 e. The molecule has 0 spiro atoms. The van der Waals surface area contributed by atoms with E-state index in [0.29, 0.717) is 36.0 Å². The van der Waals surface area contributed by atoms with E-state index >= 15 is 0 Å². The molecule has 0 radical (unpaired) electrons. The third-order valence-corrected chi connectivity index (χ3v) is 8.99. The number of benzene rings is 3. The summed E-state index contributed by atoms with van der Waals surface area (Å²) in [6.45, 7) is 9.06. The van der Waals surface area contributed by atoms with Gasteiger partial charge < -0.3 is 18.9 Å². The van der Waals surface area contributed by atoms with Crippen LogP contribution < -0.4 is 9.47 Å². The Labute approximate surface area is 275 Å². The van der Waals surface area contributed by atoms with Crippen LogP contribution in [0.15, 0.2) is 72.8 Å². The number of hydrogen-bond acceptors (Lipinski definition) is 7. The van der Waals surface area contributed by atoms with Gasteiger partial charge in [0.1, 0.15) is 11.5 Å². The first-order chi connectivity index (χ1) is 22.7. The van der Waals surface area contributed by atoms with Crippen LogP contribution >= 0.6 is 0 Å². The van der Waals surface area contributed by atoms with E-state index in [0.717, 1.165) is 70.8 Å². The van der Waals surface area contributed by atoms with Gasteiger partial charge >= 0.3 is 5.97 Å². The van der Waals surface area contributed by atoms with Gasteiger partial charge in [0, 0.05) is 34.0 Å². The SMILES string of the molecule is COC(=O)[C@@H](OC(C)(C)C)c1c(C)nc2cc3nn2c1-c1ccc2c(c1)[C@@H](CCCCOc1ccccc1-c1cccc-3c1)CCO2. The highest BCUT2D eigenvalue weighted by Gasteiger charge is 2.34. The number of aromatic nitrogens is 3. The van der Waals surface area contributed by atoms with Gasteiger partial charge in [0.2, 0.25) is 0 Å². The van der Waals surface area contributed by atoms with E-state index in [4.69, 9.17) is 29.0 Å². The third kappa shape index (κ3) is 6.10. The maximum Gasteiger partial charge on any atom is 0.339 e. The van der Waals surface area contributed by atoms with Crippen molar-refractivity contribution in [1.29, 1.82) is 0 Å². The molecule has 0 unspecified atom stereocenters. The van der Waals surface area contributed by atoms with Crippen LogP contribution in [0, 0.1) is 6.92 Å². The molecule has 4 heterocycles. The third-order valence-electron chi connectivity index (χ3n) is 8.99. The first-order valence-corrected chi connectivity index (χ1v) is 16.5. The predicted octanol–water partition coefficient (Wildman–Crippen LogP) is 8.50. The van der Waals surface area contributed by atoms with Crippen molar-refractivity contribution in [2.75, 3.05) is 20.3 Å². The van der Waals surface area contributed by atoms with Gasteiger partial charge in [-0.25, -0.2) is 14.3 Å². The fraction of sp³-hybridized carbons (Fsp3) is 0.359. The van der Waals surface area contributed by atoms with Gasteiger partial charge in [0.05, 0.1) is 37.3 Å². The molecule has 6 bridgehead atoms. The molecular weight excluding hydrogens is 590 g/mol. The average molecular weight is 632 g/mol. The molecule has 0 saturated heterocycles. The molecule has 0 amide bonds. The number of carbonyl (C=O) groups excluding carboxylic acids is 1. The van der Waals surface area contributed by atoms with E-state index in [9.17, 15) is 4.79 Å². The number of aryl methyl sites for hydroxylation is 1. The van der Waals surface area contributed by atoms with Crippen molar-refractivity contribution < 1.29 is 23.7 Å². The second-order valence-electron chi connectivity index (χ2n) is 13.4. The Morgan fingerprint density at radius 3 is 2.53 bits per heavy atom. The van der Waals surface area contributed by atoms with Gasteiger partial charge in [-0.2, -0.15) is 5.10 Å². The molecule has 8 heteroatoms. The second-order valence-corrected chi connectivity index (χ2v) is 13.4. The van der Waals surface area contributed by atoms with E-state index in [2.05, 4.69) is 36.4 Å². The zero-order chi connectivity index (χ0) is 32.7. The molecule has 3 aromatic carbocycles. The van der Waals surface area contributed by atoms with Crippen LogP contribution in [-0.4, -0.2) is 46.5 Å². The topological polar surface area (TPSA) is 84.2 Å². The van der Waals surface area contributed by atoms with Crippen molar-refractivity contribution in [2.24, 2.45) is 0 Å². The second kappa shape index (κ2) is 12.5. The molecule has 5 aromatic rings. The quantitative estimate of drug-likeness (QED) is 0.185. The van der Waals surface area contributed by atoms with Crippen LogP contribution in [0.1, 0.15) is 75.3 Å². The summed E-state index contributed by atoms with van der Waals surface area (Å²) in [5.74, 6) is 1.63. The van der Waals surface area contributed by atoms with Gasteiger partial charge in [0.15, 0.2) is 11.8 Å². The lowest BCUT2D eigenvalue weighted by Crippen LogP contribution is -2.30. The van der Waals surface area contributed by atoms with Crippen LogP contribution in [-0.2, 0) is 14.3 Å². The molecule has 2 aliphatic rings. The molecule has 0 aliphatic carbocycles. The van der Waals surface area contributed by atoms with Crippen LogP contribution in [0.4, 0.5) is 0 Å². The summed E-state index contributed by atoms with van der Waals surface area (Å²) < 4.78 is 26.1. The molecule has 2 atom stereocenters. The van der Waals surface area contributed by atoms with E-state index in [1.165, 1.54) is 12.7 Å². The zero-order valence-corrected chi connectivity index (χ0v) is 27.7. The van der Waals surface area contributed by atoms with Crippen molar-refractivity contribution in [1.82, 2.24) is 14.6 Å². The lowest BCUT2D eigenvalue weighted by atomic mass is 9.86. The summed E-state index contributed by atoms with van der Waals surface area (Å²) in [4.78, 5) is 18.5. The van der Waals surface area contributed by atoms with Gasteiger partial charge in [-0.05, 0) is 101 Å². The Hall–Kier alpha value is -4.69. The molecule has 242 valence electrons. The standard InChI is InChI=1S/C39H41N3O5/c1-24-35(37(38(43)44-5)47-39(2,3)4)36-28-16-17-33-30(22-28)25(18-20-46-33)11-8-9-19-45-32-15-7-6-14-29(32)26-12-10-13-27(21-26)31-23-34(40-24)42(36)41-31/h6-7,10,12-17,21-23,25,37H,8-9,11,18-20H2,1-5H3/t25-,37-/m0/s1.